The van der Waals surface area contributed by atoms with Gasteiger partial charge < -0.3 is 10.1 Å². The fraction of sp³-hybridized carbons (Fsp3) is 0. The van der Waals surface area contributed by atoms with Crippen molar-refractivity contribution in [2.45, 2.75) is 0 Å². The Labute approximate surface area is 131 Å². The molecule has 0 aliphatic rings. The number of aromatic nitrogens is 4. The van der Waals surface area contributed by atoms with E-state index in [-0.39, 0.29) is 5.56 Å². The quantitative estimate of drug-likeness (QED) is 0.629. The summed E-state index contributed by atoms with van der Waals surface area (Å²) in [6.45, 7) is 7.41. The van der Waals surface area contributed by atoms with Gasteiger partial charge >= 0.3 is 5.97 Å². The number of nitrogens with zero attached hydrogens (tertiary/aromatic N) is 2. The number of aromatic carboxylic acids is 1. The number of carboxylic acid groups (broad SMARTS) is 1. The maximum Gasteiger partial charge on any atom is 0.337 e. The van der Waals surface area contributed by atoms with Crippen LogP contribution in [0.25, 0.3) is 34.6 Å². The molecular weight excluding hydrogens is 292 g/mol. The van der Waals surface area contributed by atoms with Crippen LogP contribution in [0.3, 0.4) is 0 Å². The number of allylic oxidation sites excluding steroid dienone is 2. The Morgan fingerprint density at radius 2 is 2.17 bits per heavy atom. The zero-order valence-electron chi connectivity index (χ0n) is 12.2. The van der Waals surface area contributed by atoms with Crippen molar-refractivity contribution >= 4 is 29.2 Å². The fourth-order valence-electron chi connectivity index (χ4n) is 2.39. The third kappa shape index (κ3) is 2.46. The first kappa shape index (κ1) is 14.5. The number of aromatic amines is 2. The molecule has 3 aromatic heterocycles. The molecule has 3 N–H and O–H groups in total. The number of nitrogens with one attached hydrogen (secondary N) is 2. The maximum absolute atomic E-state index is 11.3. The van der Waals surface area contributed by atoms with Crippen LogP contribution >= 0.6 is 0 Å². The van der Waals surface area contributed by atoms with Gasteiger partial charge in [0.15, 0.2) is 0 Å². The zero-order valence-corrected chi connectivity index (χ0v) is 12.2. The smallest absolute Gasteiger partial charge is 0.337 e. The lowest BCUT2D eigenvalue weighted by atomic mass is 10.1. The molecule has 0 aliphatic carbocycles. The average Bonchev–Trinajstić information content (AvgIpc) is 3.15. The summed E-state index contributed by atoms with van der Waals surface area (Å²) in [6.07, 6.45) is 8.47. The Morgan fingerprint density at radius 3 is 2.87 bits per heavy atom. The number of H-pyrrole nitrogens is 2. The van der Waals surface area contributed by atoms with Crippen LogP contribution in [0.1, 0.15) is 21.6 Å². The summed E-state index contributed by atoms with van der Waals surface area (Å²) >= 11 is 0. The predicted octanol–water partition coefficient (Wildman–Crippen LogP) is 3.49. The number of hydrogen-bond acceptors (Lipinski definition) is 3. The van der Waals surface area contributed by atoms with Gasteiger partial charge in [-0.15, -0.1) is 0 Å². The van der Waals surface area contributed by atoms with Crippen molar-refractivity contribution in [1.82, 2.24) is 20.2 Å². The van der Waals surface area contributed by atoms with Crippen molar-refractivity contribution in [2.75, 3.05) is 0 Å². The van der Waals surface area contributed by atoms with Gasteiger partial charge in [-0.25, -0.2) is 4.79 Å². The average molecular weight is 306 g/mol. The molecule has 0 saturated carbocycles. The molecular formula is C17H14N4O2. The molecule has 3 heterocycles. The van der Waals surface area contributed by atoms with Crippen LogP contribution in [0.15, 0.2) is 43.6 Å². The van der Waals surface area contributed by atoms with Gasteiger partial charge in [0.1, 0.15) is 5.69 Å². The summed E-state index contributed by atoms with van der Waals surface area (Å²) in [6, 6.07) is 3.24. The van der Waals surface area contributed by atoms with Crippen molar-refractivity contribution < 1.29 is 9.90 Å². The highest BCUT2D eigenvalue weighted by Gasteiger charge is 2.16. The predicted molar refractivity (Wildman–Crippen MR) is 90.0 cm³/mol. The highest BCUT2D eigenvalue weighted by atomic mass is 16.4. The van der Waals surface area contributed by atoms with Gasteiger partial charge in [0.2, 0.25) is 0 Å². The molecule has 0 bridgehead atoms. The lowest BCUT2D eigenvalue weighted by molar-refractivity contribution is 0.0699. The minimum absolute atomic E-state index is 0.170. The Kier molecular flexibility index (Phi) is 3.64. The van der Waals surface area contributed by atoms with Gasteiger partial charge in [0.25, 0.3) is 0 Å². The van der Waals surface area contributed by atoms with Crippen LogP contribution < -0.4 is 0 Å². The molecule has 0 saturated heterocycles. The molecule has 6 nitrogen and oxygen atoms in total. The number of rotatable bonds is 5. The molecule has 3 aromatic rings. The van der Waals surface area contributed by atoms with Crippen LogP contribution in [-0.2, 0) is 0 Å². The van der Waals surface area contributed by atoms with Gasteiger partial charge in [-0.05, 0) is 18.2 Å². The lowest BCUT2D eigenvalue weighted by Gasteiger charge is -1.97. The summed E-state index contributed by atoms with van der Waals surface area (Å²) in [5, 5.41) is 16.5. The first-order valence-electron chi connectivity index (χ1n) is 6.87. The van der Waals surface area contributed by atoms with E-state index >= 15 is 0 Å². The van der Waals surface area contributed by atoms with E-state index < -0.39 is 5.97 Å². The standard InChI is InChI=1S/C17H14N4O2/c1-3-5-6-10-12(4-2)20-21-16(10)14-9-13-15(19-14)11(17(22)23)7-8-18-13/h3-9,19H,1-2H2,(H,20,21)(H,22,23)/b6-5-. The SMILES string of the molecule is C=C/C=C\c1c(-c2cc3nccc(C(=O)O)c3[nH]2)n[nH]c1C=C. The van der Waals surface area contributed by atoms with Gasteiger partial charge in [0, 0.05) is 11.8 Å². The Hall–Kier alpha value is -3.41. The summed E-state index contributed by atoms with van der Waals surface area (Å²) in [4.78, 5) is 18.6. The Morgan fingerprint density at radius 1 is 1.35 bits per heavy atom. The highest BCUT2D eigenvalue weighted by Crippen LogP contribution is 2.28. The zero-order chi connectivity index (χ0) is 16.4. The summed E-state index contributed by atoms with van der Waals surface area (Å²) < 4.78 is 0. The van der Waals surface area contributed by atoms with E-state index in [0.717, 1.165) is 11.3 Å². The van der Waals surface area contributed by atoms with Crippen molar-refractivity contribution in [3.8, 4) is 11.4 Å². The van der Waals surface area contributed by atoms with Crippen molar-refractivity contribution in [2.24, 2.45) is 0 Å². The molecule has 0 amide bonds. The maximum atomic E-state index is 11.3. The summed E-state index contributed by atoms with van der Waals surface area (Å²) in [7, 11) is 0. The third-order valence-electron chi connectivity index (χ3n) is 3.44. The number of carboxylic acids is 1. The van der Waals surface area contributed by atoms with Crippen LogP contribution in [0.2, 0.25) is 0 Å². The van der Waals surface area contributed by atoms with E-state index in [1.165, 1.54) is 12.3 Å². The van der Waals surface area contributed by atoms with Crippen LogP contribution in [0, 0.1) is 0 Å². The van der Waals surface area contributed by atoms with Crippen LogP contribution in [0.5, 0.6) is 0 Å². The van der Waals surface area contributed by atoms with E-state index in [2.05, 4.69) is 33.3 Å². The van der Waals surface area contributed by atoms with Crippen molar-refractivity contribution in [3.05, 3.63) is 60.5 Å². The number of pyridine rings is 1. The summed E-state index contributed by atoms with van der Waals surface area (Å²) in [5.41, 5.74) is 4.15. The third-order valence-corrected chi connectivity index (χ3v) is 3.44. The van der Waals surface area contributed by atoms with E-state index in [1.807, 2.05) is 6.08 Å². The molecule has 3 rings (SSSR count). The van der Waals surface area contributed by atoms with Crippen LogP contribution in [0.4, 0.5) is 0 Å². The Balaban J connectivity index is 2.21. The second kappa shape index (κ2) is 5.76. The van der Waals surface area contributed by atoms with Gasteiger partial charge in [-0.3, -0.25) is 10.1 Å². The largest absolute Gasteiger partial charge is 0.478 e. The van der Waals surface area contributed by atoms with E-state index in [0.29, 0.717) is 22.4 Å². The molecule has 0 aromatic carbocycles. The molecule has 0 atom stereocenters. The number of hydrogen-bond donors (Lipinski definition) is 3. The Bertz CT molecular complexity index is 947. The van der Waals surface area contributed by atoms with E-state index in [4.69, 9.17) is 0 Å². The van der Waals surface area contributed by atoms with Crippen LogP contribution in [-0.4, -0.2) is 31.2 Å². The minimum Gasteiger partial charge on any atom is -0.478 e. The normalized spacial score (nSPS) is 11.1. The topological polar surface area (TPSA) is 94.7 Å². The molecule has 0 unspecified atom stereocenters. The molecule has 0 spiro atoms. The molecule has 114 valence electrons. The molecule has 0 radical (unpaired) electrons. The van der Waals surface area contributed by atoms with Crippen molar-refractivity contribution in [3.63, 3.8) is 0 Å². The second-order valence-corrected chi connectivity index (χ2v) is 4.81. The van der Waals surface area contributed by atoms with Crippen molar-refractivity contribution in [1.29, 1.82) is 0 Å². The first-order valence-corrected chi connectivity index (χ1v) is 6.87. The molecule has 23 heavy (non-hydrogen) atoms. The molecule has 0 aliphatic heterocycles. The lowest BCUT2D eigenvalue weighted by Crippen LogP contribution is -1.97. The first-order chi connectivity index (χ1) is 11.2. The minimum atomic E-state index is -1.01. The van der Waals surface area contributed by atoms with Gasteiger partial charge in [-0.1, -0.05) is 31.4 Å². The molecule has 0 fully saturated rings. The molecule has 6 heteroatoms. The number of carbonyl (C=O) groups is 1. The second-order valence-electron chi connectivity index (χ2n) is 4.81. The van der Waals surface area contributed by atoms with E-state index in [1.54, 1.807) is 24.3 Å². The van der Waals surface area contributed by atoms with Gasteiger partial charge in [-0.2, -0.15) is 5.10 Å². The van der Waals surface area contributed by atoms with Gasteiger partial charge in [0.05, 0.1) is 28.0 Å². The highest BCUT2D eigenvalue weighted by molar-refractivity contribution is 6.02. The number of fused-ring (bicyclic) bond motifs is 1. The fourth-order valence-corrected chi connectivity index (χ4v) is 2.39. The monoisotopic (exact) mass is 306 g/mol. The summed E-state index contributed by atoms with van der Waals surface area (Å²) in [5.74, 6) is -1.01. The van der Waals surface area contributed by atoms with E-state index in [9.17, 15) is 9.90 Å².